The van der Waals surface area contributed by atoms with Gasteiger partial charge in [-0.1, -0.05) is 41.9 Å². The van der Waals surface area contributed by atoms with Crippen LogP contribution in [0.25, 0.3) is 0 Å². The summed E-state index contributed by atoms with van der Waals surface area (Å²) in [5.41, 5.74) is 7.55. The Morgan fingerprint density at radius 1 is 1.21 bits per heavy atom. The average Bonchev–Trinajstić information content (AvgIpc) is 2.58. The van der Waals surface area contributed by atoms with Crippen molar-refractivity contribution < 1.29 is 14.3 Å². The molecule has 5 nitrogen and oxygen atoms in total. The van der Waals surface area contributed by atoms with E-state index in [9.17, 15) is 4.79 Å². The van der Waals surface area contributed by atoms with Crippen molar-refractivity contribution in [1.82, 2.24) is 0 Å². The van der Waals surface area contributed by atoms with Gasteiger partial charge in [-0.15, -0.1) is 0 Å². The van der Waals surface area contributed by atoms with Crippen molar-refractivity contribution in [2.75, 3.05) is 25.6 Å². The predicted molar refractivity (Wildman–Crippen MR) is 95.6 cm³/mol. The molecule has 0 aliphatic carbocycles. The Labute approximate surface area is 146 Å². The number of ether oxygens (including phenoxy) is 2. The van der Waals surface area contributed by atoms with Gasteiger partial charge in [0.25, 0.3) is 0 Å². The molecule has 0 heterocycles. The topological polar surface area (TPSA) is 73.6 Å². The van der Waals surface area contributed by atoms with E-state index < -0.39 is 6.04 Å². The minimum atomic E-state index is -0.635. The number of carbonyl (C=O) groups excluding carboxylic acids is 1. The highest BCUT2D eigenvalue weighted by atomic mass is 35.5. The first-order valence-corrected chi connectivity index (χ1v) is 7.99. The summed E-state index contributed by atoms with van der Waals surface area (Å²) >= 11 is 6.15. The van der Waals surface area contributed by atoms with Crippen molar-refractivity contribution in [3.8, 4) is 5.75 Å². The van der Waals surface area contributed by atoms with Crippen LogP contribution in [0.4, 0.5) is 5.69 Å². The summed E-state index contributed by atoms with van der Waals surface area (Å²) in [4.78, 5) is 12.2. The van der Waals surface area contributed by atoms with E-state index in [1.165, 1.54) is 0 Å². The molecule has 1 amide bonds. The van der Waals surface area contributed by atoms with Crippen LogP contribution in [0.15, 0.2) is 48.5 Å². The first kappa shape index (κ1) is 18.3. The second-order valence-corrected chi connectivity index (χ2v) is 5.68. The molecular formula is C18H21ClN2O3. The number of nitrogens with two attached hydrogens (primary N) is 1. The second-order valence-electron chi connectivity index (χ2n) is 5.27. The van der Waals surface area contributed by atoms with Crippen molar-refractivity contribution in [2.24, 2.45) is 5.73 Å². The van der Waals surface area contributed by atoms with E-state index in [1.54, 1.807) is 25.3 Å². The SMILES string of the molecule is COCCOc1ccc(NC(=O)[C@@H](N)Cc2ccccc2)cc1Cl. The molecule has 2 rings (SSSR count). The number of halogens is 1. The summed E-state index contributed by atoms with van der Waals surface area (Å²) in [5.74, 6) is 0.281. The van der Waals surface area contributed by atoms with E-state index >= 15 is 0 Å². The third-order valence-corrected chi connectivity index (χ3v) is 3.68. The second kappa shape index (κ2) is 9.27. The molecule has 0 bridgehead atoms. The Morgan fingerprint density at radius 3 is 2.62 bits per heavy atom. The summed E-state index contributed by atoms with van der Waals surface area (Å²) in [5, 5.41) is 3.19. The number of carbonyl (C=O) groups is 1. The van der Waals surface area contributed by atoms with Crippen molar-refractivity contribution in [3.05, 3.63) is 59.1 Å². The Morgan fingerprint density at radius 2 is 1.96 bits per heavy atom. The number of benzene rings is 2. The molecule has 2 aromatic rings. The van der Waals surface area contributed by atoms with E-state index in [1.807, 2.05) is 30.3 Å². The fourth-order valence-corrected chi connectivity index (χ4v) is 2.36. The molecule has 3 N–H and O–H groups in total. The lowest BCUT2D eigenvalue weighted by molar-refractivity contribution is -0.117. The van der Waals surface area contributed by atoms with Crippen LogP contribution < -0.4 is 15.8 Å². The van der Waals surface area contributed by atoms with Crippen LogP contribution in [0.5, 0.6) is 5.75 Å². The fourth-order valence-electron chi connectivity index (χ4n) is 2.13. The zero-order chi connectivity index (χ0) is 17.4. The highest BCUT2D eigenvalue weighted by Gasteiger charge is 2.15. The van der Waals surface area contributed by atoms with Gasteiger partial charge in [0.2, 0.25) is 5.91 Å². The van der Waals surface area contributed by atoms with Crippen LogP contribution in [-0.2, 0) is 16.0 Å². The molecular weight excluding hydrogens is 328 g/mol. The first-order valence-electron chi connectivity index (χ1n) is 7.62. The van der Waals surface area contributed by atoms with Gasteiger partial charge in [-0.2, -0.15) is 0 Å². The van der Waals surface area contributed by atoms with Gasteiger partial charge < -0.3 is 20.5 Å². The van der Waals surface area contributed by atoms with E-state index in [4.69, 9.17) is 26.8 Å². The molecule has 0 aliphatic heterocycles. The number of amides is 1. The minimum Gasteiger partial charge on any atom is -0.490 e. The van der Waals surface area contributed by atoms with Crippen LogP contribution in [0.3, 0.4) is 0 Å². The average molecular weight is 349 g/mol. The molecule has 1 atom stereocenters. The molecule has 0 aliphatic rings. The lowest BCUT2D eigenvalue weighted by atomic mass is 10.1. The van der Waals surface area contributed by atoms with Crippen molar-refractivity contribution in [3.63, 3.8) is 0 Å². The van der Waals surface area contributed by atoms with Crippen LogP contribution in [0.1, 0.15) is 5.56 Å². The molecule has 2 aromatic carbocycles. The number of hydrogen-bond acceptors (Lipinski definition) is 4. The van der Waals surface area contributed by atoms with Crippen LogP contribution in [0, 0.1) is 0 Å². The fraction of sp³-hybridized carbons (Fsp3) is 0.278. The maximum absolute atomic E-state index is 12.2. The summed E-state index contributed by atoms with van der Waals surface area (Å²) in [6, 6.07) is 14.1. The highest BCUT2D eigenvalue weighted by molar-refractivity contribution is 6.32. The monoisotopic (exact) mass is 348 g/mol. The van der Waals surface area contributed by atoms with Gasteiger partial charge in [0.1, 0.15) is 12.4 Å². The predicted octanol–water partition coefficient (Wildman–Crippen LogP) is 2.87. The molecule has 24 heavy (non-hydrogen) atoms. The normalized spacial score (nSPS) is 11.8. The van der Waals surface area contributed by atoms with Gasteiger partial charge in [0.15, 0.2) is 0 Å². The van der Waals surface area contributed by atoms with Gasteiger partial charge in [0.05, 0.1) is 17.7 Å². The molecule has 0 aromatic heterocycles. The van der Waals surface area contributed by atoms with Gasteiger partial charge in [-0.05, 0) is 30.2 Å². The Bertz CT molecular complexity index is 665. The van der Waals surface area contributed by atoms with Crippen LogP contribution in [0.2, 0.25) is 5.02 Å². The lowest BCUT2D eigenvalue weighted by Gasteiger charge is -2.14. The van der Waals surface area contributed by atoms with E-state index in [-0.39, 0.29) is 5.91 Å². The lowest BCUT2D eigenvalue weighted by Crippen LogP contribution is -2.37. The number of anilines is 1. The van der Waals surface area contributed by atoms with Crippen LogP contribution in [-0.4, -0.2) is 32.3 Å². The molecule has 0 saturated carbocycles. The zero-order valence-electron chi connectivity index (χ0n) is 13.5. The Hall–Kier alpha value is -2.08. The molecule has 0 radical (unpaired) electrons. The molecule has 0 fully saturated rings. The molecule has 0 saturated heterocycles. The van der Waals surface area contributed by atoms with E-state index in [0.717, 1.165) is 5.56 Å². The Kier molecular flexibility index (Phi) is 7.06. The number of nitrogens with one attached hydrogen (secondary N) is 1. The van der Waals surface area contributed by atoms with Gasteiger partial charge in [-0.25, -0.2) is 0 Å². The number of rotatable bonds is 8. The molecule has 0 unspecified atom stereocenters. The minimum absolute atomic E-state index is 0.261. The molecule has 128 valence electrons. The largest absolute Gasteiger partial charge is 0.490 e. The van der Waals surface area contributed by atoms with Gasteiger partial charge in [0, 0.05) is 12.8 Å². The van der Waals surface area contributed by atoms with Crippen LogP contribution >= 0.6 is 11.6 Å². The summed E-state index contributed by atoms with van der Waals surface area (Å²) < 4.78 is 10.4. The maximum Gasteiger partial charge on any atom is 0.241 e. The van der Waals surface area contributed by atoms with E-state index in [0.29, 0.717) is 36.1 Å². The number of hydrogen-bond donors (Lipinski definition) is 2. The standard InChI is InChI=1S/C18H21ClN2O3/c1-23-9-10-24-17-8-7-14(12-15(17)19)21-18(22)16(20)11-13-5-3-2-4-6-13/h2-8,12,16H,9-11,20H2,1H3,(H,21,22)/t16-/m0/s1. The van der Waals surface area contributed by atoms with E-state index in [2.05, 4.69) is 5.32 Å². The third kappa shape index (κ3) is 5.53. The quantitative estimate of drug-likeness (QED) is 0.719. The highest BCUT2D eigenvalue weighted by Crippen LogP contribution is 2.27. The molecule has 0 spiro atoms. The smallest absolute Gasteiger partial charge is 0.241 e. The number of methoxy groups -OCH3 is 1. The summed E-state index contributed by atoms with van der Waals surface area (Å²) in [7, 11) is 1.60. The Balaban J connectivity index is 1.92. The van der Waals surface area contributed by atoms with Gasteiger partial charge in [-0.3, -0.25) is 4.79 Å². The first-order chi connectivity index (χ1) is 11.6. The van der Waals surface area contributed by atoms with Gasteiger partial charge >= 0.3 is 0 Å². The molecule has 6 heteroatoms. The van der Waals surface area contributed by atoms with Crippen molar-refractivity contribution in [1.29, 1.82) is 0 Å². The maximum atomic E-state index is 12.2. The summed E-state index contributed by atoms with van der Waals surface area (Å²) in [6.07, 6.45) is 0.471. The third-order valence-electron chi connectivity index (χ3n) is 3.38. The zero-order valence-corrected chi connectivity index (χ0v) is 14.3. The van der Waals surface area contributed by atoms with Crippen molar-refractivity contribution >= 4 is 23.2 Å². The van der Waals surface area contributed by atoms with Crippen molar-refractivity contribution in [2.45, 2.75) is 12.5 Å². The summed E-state index contributed by atoms with van der Waals surface area (Å²) in [6.45, 7) is 0.882.